The first-order valence-electron chi connectivity index (χ1n) is 38.4. The van der Waals surface area contributed by atoms with Gasteiger partial charge in [-0.25, -0.2) is 0 Å². The lowest BCUT2D eigenvalue weighted by atomic mass is 9.93. The molecule has 0 aliphatic heterocycles. The minimum Gasteiger partial charge on any atom is -0.309 e. The average molecular weight is 1510 g/mol. The molecule has 24 aromatic rings. The van der Waals surface area contributed by atoms with Gasteiger partial charge in [-0.3, -0.25) is 15.0 Å². The van der Waals surface area contributed by atoms with Gasteiger partial charge < -0.3 is 13.7 Å². The van der Waals surface area contributed by atoms with Crippen LogP contribution in [0.4, 0.5) is 0 Å². The Balaban J connectivity index is 0.000000104. The summed E-state index contributed by atoms with van der Waals surface area (Å²) in [6.07, 6.45) is 5.84. The SMILES string of the molecule is c1cc(-c2ccccc2-c2ccnc3c2sc2ccccc23)cc(-n2c3ccccc3c3ccccc32)c1.c1ccc(-c2ccnc3c2sc2ccccc23)c(-c2ccc(-n3c4ccccc4c4ccccc43)cc2)c1.c1ccc(-c2ccnc3c2sc2ccccc23)c(-c2ccccc2-n2c3ccccc3c3ccccc32)c1. The Kier molecular flexibility index (Phi) is 16.4. The van der Waals surface area contributed by atoms with Crippen LogP contribution in [0.1, 0.15) is 0 Å². The molecule has 9 heterocycles. The van der Waals surface area contributed by atoms with Crippen LogP contribution in [0.2, 0.25) is 0 Å². The van der Waals surface area contributed by atoms with E-state index in [0.717, 1.165) is 22.2 Å². The van der Waals surface area contributed by atoms with Gasteiger partial charge in [0.05, 0.1) is 69.4 Å². The molecule has 0 bridgehead atoms. The molecule has 9 aromatic heterocycles. The largest absolute Gasteiger partial charge is 0.309 e. The molecule has 534 valence electrons. The van der Waals surface area contributed by atoms with Gasteiger partial charge in [-0.2, -0.15) is 0 Å². The smallest absolute Gasteiger partial charge is 0.0894 e. The van der Waals surface area contributed by atoms with E-state index in [9.17, 15) is 0 Å². The number of para-hydroxylation sites is 7. The number of hydrogen-bond acceptors (Lipinski definition) is 6. The molecule has 0 atom stereocenters. The summed E-state index contributed by atoms with van der Waals surface area (Å²) in [5.74, 6) is 0. The summed E-state index contributed by atoms with van der Waals surface area (Å²) in [4.78, 5) is 14.3. The van der Waals surface area contributed by atoms with Crippen molar-refractivity contribution in [1.82, 2.24) is 28.7 Å². The number of rotatable bonds is 9. The Bertz CT molecular complexity index is 7740. The first-order chi connectivity index (χ1) is 56.6. The van der Waals surface area contributed by atoms with Crippen molar-refractivity contribution in [3.05, 3.63) is 401 Å². The van der Waals surface area contributed by atoms with Crippen LogP contribution in [0.3, 0.4) is 0 Å². The van der Waals surface area contributed by atoms with Crippen molar-refractivity contribution >= 4 is 160 Å². The maximum atomic E-state index is 4.79. The van der Waals surface area contributed by atoms with E-state index >= 15 is 0 Å². The van der Waals surface area contributed by atoms with Gasteiger partial charge in [0.1, 0.15) is 0 Å². The lowest BCUT2D eigenvalue weighted by Gasteiger charge is -2.17. The first-order valence-corrected chi connectivity index (χ1v) is 40.9. The molecule has 0 saturated carbocycles. The molecule has 0 fully saturated rings. The Morgan fingerprint density at radius 2 is 0.474 bits per heavy atom. The lowest BCUT2D eigenvalue weighted by molar-refractivity contribution is 1.18. The molecule has 0 radical (unpaired) electrons. The van der Waals surface area contributed by atoms with E-state index in [1.54, 1.807) is 0 Å². The van der Waals surface area contributed by atoms with Gasteiger partial charge in [-0.15, -0.1) is 34.0 Å². The summed E-state index contributed by atoms with van der Waals surface area (Å²) < 4.78 is 14.7. The van der Waals surface area contributed by atoms with E-state index in [-0.39, 0.29) is 0 Å². The van der Waals surface area contributed by atoms with Crippen LogP contribution < -0.4 is 0 Å². The highest BCUT2D eigenvalue weighted by molar-refractivity contribution is 7.27. The Morgan fingerprint density at radius 3 is 0.868 bits per heavy atom. The number of pyridine rings is 3. The van der Waals surface area contributed by atoms with Gasteiger partial charge >= 0.3 is 0 Å². The second-order valence-corrected chi connectivity index (χ2v) is 31.9. The number of thiophene rings is 3. The molecule has 0 spiro atoms. The van der Waals surface area contributed by atoms with Crippen LogP contribution in [-0.2, 0) is 0 Å². The van der Waals surface area contributed by atoms with E-state index in [1.807, 2.05) is 52.6 Å². The summed E-state index contributed by atoms with van der Waals surface area (Å²) in [5, 5.41) is 11.3. The summed E-state index contributed by atoms with van der Waals surface area (Å²) in [5.41, 5.74) is 28.7. The van der Waals surface area contributed by atoms with Crippen molar-refractivity contribution in [2.45, 2.75) is 0 Å². The van der Waals surface area contributed by atoms with Crippen molar-refractivity contribution < 1.29 is 0 Å². The number of hydrogen-bond donors (Lipinski definition) is 0. The van der Waals surface area contributed by atoms with Crippen molar-refractivity contribution in [3.63, 3.8) is 0 Å². The van der Waals surface area contributed by atoms with Crippen molar-refractivity contribution in [2.75, 3.05) is 0 Å². The molecule has 24 rings (SSSR count). The van der Waals surface area contributed by atoms with Crippen molar-refractivity contribution in [2.24, 2.45) is 0 Å². The van der Waals surface area contributed by atoms with Crippen LogP contribution in [0.5, 0.6) is 0 Å². The first kappa shape index (κ1) is 66.8. The third-order valence-electron chi connectivity index (χ3n) is 22.5. The second kappa shape index (κ2) is 28.0. The molecule has 15 aromatic carbocycles. The van der Waals surface area contributed by atoms with Gasteiger partial charge in [-0.1, -0.05) is 279 Å². The standard InChI is InChI=1S/3C35H22N2S/c1-2-12-24(28-21-22-36-34-29-16-6-10-20-33(29)38-35(28)34)23(11-1)25-13-3-7-17-30(25)37-31-18-8-4-14-26(31)27-15-5-9-19-32(27)37;1-2-13-26(29-20-21-36-34-30-16-5-8-19-33(30)38-35(29)34)25(12-1)23-10-9-11-24(22-23)37-31-17-6-3-14-27(31)28-15-4-7-18-32(28)37;1-2-10-26(29-21-22-36-34-30-13-5-8-16-33(30)38-35(29)34)25(9-1)23-17-19-24(20-18-23)37-31-14-6-3-11-27(31)28-12-4-7-15-32(28)37/h3*1-22H. The molecule has 6 nitrogen and oxygen atoms in total. The van der Waals surface area contributed by atoms with Gasteiger partial charge in [0.2, 0.25) is 0 Å². The maximum Gasteiger partial charge on any atom is 0.0894 e. The molecule has 9 heteroatoms. The zero-order valence-corrected chi connectivity index (χ0v) is 64.0. The van der Waals surface area contributed by atoms with Gasteiger partial charge in [0, 0.05) is 115 Å². The van der Waals surface area contributed by atoms with E-state index in [4.69, 9.17) is 15.0 Å². The van der Waals surface area contributed by atoms with Gasteiger partial charge in [-0.05, 0) is 148 Å². The van der Waals surface area contributed by atoms with E-state index in [2.05, 4.69) is 396 Å². The molecule has 0 aliphatic rings. The third-order valence-corrected chi connectivity index (χ3v) is 26.0. The van der Waals surface area contributed by atoms with Crippen LogP contribution >= 0.6 is 34.0 Å². The van der Waals surface area contributed by atoms with Crippen LogP contribution in [0, 0.1) is 0 Å². The predicted molar refractivity (Wildman–Crippen MR) is 487 cm³/mol. The van der Waals surface area contributed by atoms with Crippen molar-refractivity contribution in [1.29, 1.82) is 0 Å². The zero-order chi connectivity index (χ0) is 75.2. The lowest BCUT2D eigenvalue weighted by Crippen LogP contribution is -1.98. The Labute approximate surface area is 668 Å². The normalized spacial score (nSPS) is 11.7. The highest BCUT2D eigenvalue weighted by Crippen LogP contribution is 2.48. The average Bonchev–Trinajstić information content (AvgIpc) is 1.58. The van der Waals surface area contributed by atoms with Crippen LogP contribution in [-0.4, -0.2) is 28.7 Å². The number of nitrogens with zero attached hydrogens (tertiary/aromatic N) is 6. The Morgan fingerprint density at radius 1 is 0.184 bits per heavy atom. The fourth-order valence-electron chi connectivity index (χ4n) is 17.4. The highest BCUT2D eigenvalue weighted by Gasteiger charge is 2.23. The van der Waals surface area contributed by atoms with Crippen LogP contribution in [0.15, 0.2) is 401 Å². The third kappa shape index (κ3) is 11.1. The fraction of sp³-hybridized carbons (Fsp3) is 0. The minimum absolute atomic E-state index is 1.08. The number of benzene rings is 15. The highest BCUT2D eigenvalue weighted by atomic mass is 32.1. The summed E-state index contributed by atoms with van der Waals surface area (Å²) in [7, 11) is 0. The minimum atomic E-state index is 1.08. The van der Waals surface area contributed by atoms with Gasteiger partial charge in [0.25, 0.3) is 0 Å². The molecule has 0 amide bonds. The monoisotopic (exact) mass is 1510 g/mol. The maximum absolute atomic E-state index is 4.79. The number of fused-ring (bicyclic) bond motifs is 18. The predicted octanol–water partition coefficient (Wildman–Crippen LogP) is 29.6. The molecule has 0 N–H and O–H groups in total. The van der Waals surface area contributed by atoms with Crippen LogP contribution in [0.25, 0.3) is 210 Å². The summed E-state index contributed by atoms with van der Waals surface area (Å²) in [6.45, 7) is 0. The quantitative estimate of drug-likeness (QED) is 0.145. The fourth-order valence-corrected chi connectivity index (χ4v) is 21.0. The molecule has 0 unspecified atom stereocenters. The molecule has 0 saturated heterocycles. The molecule has 114 heavy (non-hydrogen) atoms. The van der Waals surface area contributed by atoms with E-state index < -0.39 is 0 Å². The van der Waals surface area contributed by atoms with E-state index in [1.165, 1.54) is 188 Å². The topological polar surface area (TPSA) is 53.5 Å². The molecular formula is C105H66N6S3. The Hall–Kier alpha value is -14.2. The summed E-state index contributed by atoms with van der Waals surface area (Å²) in [6, 6.07) is 137. The second-order valence-electron chi connectivity index (χ2n) is 28.8. The van der Waals surface area contributed by atoms with Gasteiger partial charge in [0.15, 0.2) is 0 Å². The zero-order valence-electron chi connectivity index (χ0n) is 61.5. The molecule has 0 aliphatic carbocycles. The molecular weight excluding hydrogens is 1440 g/mol. The van der Waals surface area contributed by atoms with E-state index in [0.29, 0.717) is 0 Å². The van der Waals surface area contributed by atoms with Crippen molar-refractivity contribution in [3.8, 4) is 83.8 Å². The summed E-state index contributed by atoms with van der Waals surface area (Å²) >= 11 is 5.47. The number of aromatic nitrogens is 6.